The van der Waals surface area contributed by atoms with Gasteiger partial charge < -0.3 is 4.42 Å². The Morgan fingerprint density at radius 3 is 2.35 bits per heavy atom. The fourth-order valence-corrected chi connectivity index (χ4v) is 1.49. The predicted molar refractivity (Wildman–Crippen MR) is 68.8 cm³/mol. The fraction of sp³-hybridized carbons (Fsp3) is 0.133. The second-order valence-corrected chi connectivity index (χ2v) is 4.04. The summed E-state index contributed by atoms with van der Waals surface area (Å²) in [7, 11) is 0. The third-order valence-electron chi connectivity index (χ3n) is 2.51. The van der Waals surface area contributed by atoms with Crippen molar-refractivity contribution >= 4 is 17.9 Å². The molecule has 1 aromatic heterocycles. The van der Waals surface area contributed by atoms with Gasteiger partial charge >= 0.3 is 0 Å². The van der Waals surface area contributed by atoms with Gasteiger partial charge in [0.25, 0.3) is 0 Å². The lowest BCUT2D eigenvalue weighted by molar-refractivity contribution is 0.0987. The van der Waals surface area contributed by atoms with Crippen molar-refractivity contribution in [3.63, 3.8) is 0 Å². The summed E-state index contributed by atoms with van der Waals surface area (Å²) < 4.78 is 5.13. The number of carbonyl (C=O) groups is 1. The van der Waals surface area contributed by atoms with E-state index in [1.165, 1.54) is 12.5 Å². The summed E-state index contributed by atoms with van der Waals surface area (Å²) in [6.07, 6.45) is 5.51. The van der Waals surface area contributed by atoms with E-state index < -0.39 is 0 Å². The monoisotopic (exact) mass is 226 g/mol. The van der Waals surface area contributed by atoms with Gasteiger partial charge in [-0.1, -0.05) is 42.0 Å². The average Bonchev–Trinajstić information content (AvgIpc) is 2.77. The van der Waals surface area contributed by atoms with Crippen LogP contribution in [-0.2, 0) is 0 Å². The van der Waals surface area contributed by atoms with Crippen molar-refractivity contribution in [2.75, 3.05) is 0 Å². The third kappa shape index (κ3) is 2.94. The largest absolute Gasteiger partial charge is 0.461 e. The van der Waals surface area contributed by atoms with E-state index in [0.717, 1.165) is 11.1 Å². The van der Waals surface area contributed by atoms with Crippen molar-refractivity contribution in [1.29, 1.82) is 0 Å². The zero-order valence-corrected chi connectivity index (χ0v) is 9.94. The number of hydrogen-bond donors (Lipinski definition) is 0. The van der Waals surface area contributed by atoms with E-state index in [1.54, 1.807) is 12.3 Å². The maximum absolute atomic E-state index is 11.1. The van der Waals surface area contributed by atoms with E-state index in [1.807, 2.05) is 12.2 Å². The van der Waals surface area contributed by atoms with Crippen LogP contribution in [0.15, 0.2) is 41.0 Å². The smallest absolute Gasteiger partial charge is 0.194 e. The number of hydrogen-bond acceptors (Lipinski definition) is 2. The average molecular weight is 226 g/mol. The Morgan fingerprint density at radius 2 is 1.76 bits per heavy atom. The molecule has 0 amide bonds. The molecule has 0 atom stereocenters. The zero-order chi connectivity index (χ0) is 12.3. The Labute approximate surface area is 101 Å². The van der Waals surface area contributed by atoms with Crippen LogP contribution in [0.2, 0.25) is 0 Å². The summed E-state index contributed by atoms with van der Waals surface area (Å²) in [5.74, 6) is 0.341. The van der Waals surface area contributed by atoms with Crippen LogP contribution in [0.1, 0.15) is 34.2 Å². The number of benzene rings is 1. The van der Waals surface area contributed by atoms with Crippen molar-refractivity contribution in [3.8, 4) is 0 Å². The highest BCUT2D eigenvalue weighted by Crippen LogP contribution is 2.13. The minimum absolute atomic E-state index is 0.0556. The predicted octanol–water partition coefficient (Wildman–Crippen LogP) is 3.96. The molecule has 2 aromatic rings. The molecule has 0 saturated heterocycles. The van der Waals surface area contributed by atoms with Crippen LogP contribution in [0.4, 0.5) is 0 Å². The summed E-state index contributed by atoms with van der Waals surface area (Å²) >= 11 is 0. The second kappa shape index (κ2) is 4.83. The minimum atomic E-state index is -0.0556. The van der Waals surface area contributed by atoms with Crippen LogP contribution >= 0.6 is 0 Å². The van der Waals surface area contributed by atoms with Gasteiger partial charge in [-0.25, -0.2) is 0 Å². The molecule has 2 heteroatoms. The first-order valence-electron chi connectivity index (χ1n) is 5.49. The number of Topliss-reactive ketones (excluding diaryl/α,β-unsaturated/α-hetero) is 1. The van der Waals surface area contributed by atoms with Crippen molar-refractivity contribution < 1.29 is 9.21 Å². The Morgan fingerprint density at radius 1 is 1.12 bits per heavy atom. The Balaban J connectivity index is 2.14. The van der Waals surface area contributed by atoms with E-state index >= 15 is 0 Å². The van der Waals surface area contributed by atoms with Gasteiger partial charge in [0.05, 0.1) is 6.26 Å². The van der Waals surface area contributed by atoms with Crippen LogP contribution in [-0.4, -0.2) is 5.78 Å². The van der Waals surface area contributed by atoms with Gasteiger partial charge in [0, 0.05) is 12.5 Å². The number of furan rings is 1. The molecule has 86 valence electrons. The molecule has 0 fully saturated rings. The molecule has 0 saturated carbocycles. The van der Waals surface area contributed by atoms with Crippen molar-refractivity contribution in [2.45, 2.75) is 13.8 Å². The number of carbonyl (C=O) groups excluding carboxylic acids is 1. The Kier molecular flexibility index (Phi) is 3.24. The van der Waals surface area contributed by atoms with E-state index in [4.69, 9.17) is 4.42 Å². The van der Waals surface area contributed by atoms with Gasteiger partial charge in [-0.05, 0) is 18.6 Å². The standard InChI is InChI=1S/C15H14O2/c1-11-3-5-13(6-4-11)7-8-14-9-15(12(2)16)17-10-14/h3-10H,1-2H3. The molecule has 0 N–H and O–H groups in total. The van der Waals surface area contributed by atoms with Crippen LogP contribution in [0.3, 0.4) is 0 Å². The quantitative estimate of drug-likeness (QED) is 0.741. The fourth-order valence-electron chi connectivity index (χ4n) is 1.49. The zero-order valence-electron chi connectivity index (χ0n) is 9.94. The summed E-state index contributed by atoms with van der Waals surface area (Å²) in [4.78, 5) is 11.1. The maximum atomic E-state index is 11.1. The van der Waals surface area contributed by atoms with Crippen molar-refractivity contribution in [3.05, 3.63) is 59.0 Å². The Hall–Kier alpha value is -2.09. The van der Waals surface area contributed by atoms with Crippen LogP contribution in [0.25, 0.3) is 12.2 Å². The lowest BCUT2D eigenvalue weighted by atomic mass is 10.1. The minimum Gasteiger partial charge on any atom is -0.461 e. The lowest BCUT2D eigenvalue weighted by Gasteiger charge is -1.93. The molecular formula is C15H14O2. The lowest BCUT2D eigenvalue weighted by Crippen LogP contribution is -1.85. The van der Waals surface area contributed by atoms with Gasteiger partial charge in [0.2, 0.25) is 0 Å². The van der Waals surface area contributed by atoms with Crippen molar-refractivity contribution in [2.24, 2.45) is 0 Å². The number of rotatable bonds is 3. The van der Waals surface area contributed by atoms with E-state index in [2.05, 4.69) is 31.2 Å². The molecule has 17 heavy (non-hydrogen) atoms. The molecular weight excluding hydrogens is 212 g/mol. The molecule has 0 aliphatic rings. The highest BCUT2D eigenvalue weighted by atomic mass is 16.3. The Bertz CT molecular complexity index is 545. The van der Waals surface area contributed by atoms with Crippen molar-refractivity contribution in [1.82, 2.24) is 0 Å². The molecule has 2 rings (SSSR count). The summed E-state index contributed by atoms with van der Waals surface area (Å²) in [5.41, 5.74) is 3.27. The normalized spacial score (nSPS) is 10.9. The van der Waals surface area contributed by atoms with E-state index in [0.29, 0.717) is 5.76 Å². The molecule has 0 aliphatic heterocycles. The van der Waals surface area contributed by atoms with Crippen LogP contribution in [0.5, 0.6) is 0 Å². The number of aryl methyl sites for hydroxylation is 1. The highest BCUT2D eigenvalue weighted by molar-refractivity contribution is 5.92. The maximum Gasteiger partial charge on any atom is 0.194 e. The highest BCUT2D eigenvalue weighted by Gasteiger charge is 2.03. The topological polar surface area (TPSA) is 30.2 Å². The van der Waals surface area contributed by atoms with E-state index in [9.17, 15) is 4.79 Å². The molecule has 1 heterocycles. The molecule has 0 unspecified atom stereocenters. The van der Waals surface area contributed by atoms with Gasteiger partial charge in [-0.2, -0.15) is 0 Å². The molecule has 1 aromatic carbocycles. The number of ketones is 1. The van der Waals surface area contributed by atoms with Gasteiger partial charge in [-0.15, -0.1) is 0 Å². The third-order valence-corrected chi connectivity index (χ3v) is 2.51. The summed E-state index contributed by atoms with van der Waals surface area (Å²) in [6, 6.07) is 9.98. The SMILES string of the molecule is CC(=O)c1cc(C=Cc2ccc(C)cc2)co1. The summed E-state index contributed by atoms with van der Waals surface area (Å²) in [5, 5.41) is 0. The first-order valence-corrected chi connectivity index (χ1v) is 5.49. The molecule has 0 bridgehead atoms. The van der Waals surface area contributed by atoms with E-state index in [-0.39, 0.29) is 5.78 Å². The van der Waals surface area contributed by atoms with Gasteiger partial charge in [0.1, 0.15) is 0 Å². The van der Waals surface area contributed by atoms with Gasteiger partial charge in [-0.3, -0.25) is 4.79 Å². The molecule has 2 nitrogen and oxygen atoms in total. The first kappa shape index (κ1) is 11.4. The van der Waals surface area contributed by atoms with Crippen LogP contribution < -0.4 is 0 Å². The summed E-state index contributed by atoms with van der Waals surface area (Å²) in [6.45, 7) is 3.55. The first-order chi connectivity index (χ1) is 8.15. The molecule has 0 aliphatic carbocycles. The second-order valence-electron chi connectivity index (χ2n) is 4.04. The van der Waals surface area contributed by atoms with Crippen LogP contribution in [0, 0.1) is 6.92 Å². The van der Waals surface area contributed by atoms with Gasteiger partial charge in [0.15, 0.2) is 11.5 Å². The molecule has 0 radical (unpaired) electrons. The molecule has 0 spiro atoms.